The molecule has 1 fully saturated rings. The fraction of sp³-hybridized carbons (Fsp3) is 0.424. The van der Waals surface area contributed by atoms with Crippen molar-refractivity contribution in [3.05, 3.63) is 89.5 Å². The molecule has 0 saturated carbocycles. The summed E-state index contributed by atoms with van der Waals surface area (Å²) in [5.41, 5.74) is 3.03. The molecular weight excluding hydrogens is 585 g/mol. The maximum atomic E-state index is 13.2. The fourth-order valence-electron chi connectivity index (χ4n) is 5.84. The molecule has 1 amide bonds. The number of amides is 1. The zero-order valence-electron chi connectivity index (χ0n) is 25.4. The van der Waals surface area contributed by atoms with Gasteiger partial charge in [-0.1, -0.05) is 36.4 Å². The molecule has 3 aromatic rings. The van der Waals surface area contributed by atoms with Crippen LogP contribution in [0.15, 0.2) is 82.6 Å². The first kappa shape index (κ1) is 32.7. The molecule has 10 heteroatoms. The van der Waals surface area contributed by atoms with E-state index in [0.29, 0.717) is 11.4 Å². The van der Waals surface area contributed by atoms with E-state index in [1.165, 1.54) is 12.5 Å². The van der Waals surface area contributed by atoms with Crippen LogP contribution in [0, 0.1) is 0 Å². The smallest absolute Gasteiger partial charge is 0.227 e. The van der Waals surface area contributed by atoms with Crippen LogP contribution in [-0.2, 0) is 30.9 Å². The van der Waals surface area contributed by atoms with E-state index in [1.807, 2.05) is 36.1 Å². The predicted octanol–water partition coefficient (Wildman–Crippen LogP) is 4.58. The normalized spacial score (nSPS) is 15.6. The van der Waals surface area contributed by atoms with Crippen molar-refractivity contribution in [3.63, 3.8) is 0 Å². The highest BCUT2D eigenvalue weighted by Gasteiger charge is 2.28. The number of piperidine rings is 1. The zero-order valence-corrected chi connectivity index (χ0v) is 27.0. The summed E-state index contributed by atoms with van der Waals surface area (Å²) in [6.45, 7) is 5.29. The van der Waals surface area contributed by atoms with Gasteiger partial charge in [-0.05, 0) is 85.8 Å². The minimum absolute atomic E-state index is 0.0603. The summed E-state index contributed by atoms with van der Waals surface area (Å²) in [6, 6.07) is 22.0. The number of hydrogen-bond acceptors (Lipinski definition) is 7. The molecule has 1 saturated heterocycles. The van der Waals surface area contributed by atoms with Crippen LogP contribution in [0.2, 0.25) is 0 Å². The molecule has 0 spiro atoms. The third-order valence-corrected chi connectivity index (χ3v) is 10.6. The van der Waals surface area contributed by atoms with E-state index < -0.39 is 19.7 Å². The van der Waals surface area contributed by atoms with Crippen LogP contribution in [0.3, 0.4) is 0 Å². The third kappa shape index (κ3) is 8.68. The highest BCUT2D eigenvalue weighted by molar-refractivity contribution is 7.91. The van der Waals surface area contributed by atoms with Crippen LogP contribution in [0.4, 0.5) is 0 Å². The van der Waals surface area contributed by atoms with Crippen molar-refractivity contribution in [3.8, 4) is 5.75 Å². The molecule has 1 atom stereocenters. The average Bonchev–Trinajstić information content (AvgIpc) is 2.98. The number of carbonyl (C=O) groups excluding carboxylic acids is 1. The molecule has 0 unspecified atom stereocenters. The Balaban J connectivity index is 1.37. The number of likely N-dealkylation sites (N-methyl/N-ethyl adjacent to an activating group) is 1. The van der Waals surface area contributed by atoms with Crippen LogP contribution in [0.1, 0.15) is 48.8 Å². The second-order valence-corrected chi connectivity index (χ2v) is 15.3. The Labute approximate surface area is 256 Å². The number of ether oxygens (including phenoxy) is 1. The lowest BCUT2D eigenvalue weighted by atomic mass is 9.88. The molecule has 232 valence electrons. The number of nitrogens with zero attached hydrogens (tertiary/aromatic N) is 2. The lowest BCUT2D eigenvalue weighted by molar-refractivity contribution is -0.133. The predicted molar refractivity (Wildman–Crippen MR) is 169 cm³/mol. The minimum Gasteiger partial charge on any atom is -0.497 e. The van der Waals surface area contributed by atoms with Crippen molar-refractivity contribution in [1.82, 2.24) is 9.80 Å². The number of likely N-dealkylation sites (tertiary alicyclic amines) is 1. The minimum atomic E-state index is -3.27. The van der Waals surface area contributed by atoms with E-state index in [-0.39, 0.29) is 29.2 Å². The molecule has 3 aromatic carbocycles. The standard InChI is InChI=1S/C33H42N2O6S2/c1-5-35(33(36)24-25-6-14-30(15-7-25)42(3,37)38)28-18-21-34(22-19-28)23-20-32(26-8-12-29(41-2)13-9-26)27-10-16-31(17-11-27)43(4,39)40/h6-17,28,32H,5,18-24H2,1-4H3/t32-/m0/s1. The number of carbonyl (C=O) groups is 1. The highest BCUT2D eigenvalue weighted by atomic mass is 32.2. The van der Waals surface area contributed by atoms with Gasteiger partial charge in [0.15, 0.2) is 19.7 Å². The molecule has 1 heterocycles. The highest BCUT2D eigenvalue weighted by Crippen LogP contribution is 2.31. The van der Waals surface area contributed by atoms with Crippen LogP contribution >= 0.6 is 0 Å². The van der Waals surface area contributed by atoms with Gasteiger partial charge < -0.3 is 14.5 Å². The zero-order chi connectivity index (χ0) is 31.2. The molecule has 0 aromatic heterocycles. The Morgan fingerprint density at radius 3 is 1.79 bits per heavy atom. The molecule has 43 heavy (non-hydrogen) atoms. The first-order chi connectivity index (χ1) is 20.4. The van der Waals surface area contributed by atoms with Crippen LogP contribution in [0.5, 0.6) is 5.75 Å². The van der Waals surface area contributed by atoms with Crippen molar-refractivity contribution in [2.75, 3.05) is 45.8 Å². The van der Waals surface area contributed by atoms with Crippen molar-refractivity contribution < 1.29 is 26.4 Å². The van der Waals surface area contributed by atoms with Crippen molar-refractivity contribution in [2.45, 2.75) is 54.4 Å². The van der Waals surface area contributed by atoms with E-state index in [1.54, 1.807) is 43.5 Å². The SMILES string of the molecule is CCN(C(=O)Cc1ccc(S(C)(=O)=O)cc1)C1CCN(CC[C@@H](c2ccc(OC)cc2)c2ccc(S(C)(=O)=O)cc2)CC1. The van der Waals surface area contributed by atoms with Crippen LogP contribution in [0.25, 0.3) is 0 Å². The Morgan fingerprint density at radius 1 is 0.837 bits per heavy atom. The van der Waals surface area contributed by atoms with E-state index in [0.717, 1.165) is 61.3 Å². The molecule has 1 aliphatic rings. The van der Waals surface area contributed by atoms with Gasteiger partial charge in [-0.25, -0.2) is 16.8 Å². The van der Waals surface area contributed by atoms with E-state index >= 15 is 0 Å². The molecule has 0 N–H and O–H groups in total. The van der Waals surface area contributed by atoms with Crippen LogP contribution in [-0.4, -0.2) is 84.4 Å². The number of benzene rings is 3. The lowest BCUT2D eigenvalue weighted by Crippen LogP contribution is -2.48. The molecule has 4 rings (SSSR count). The molecule has 0 aliphatic carbocycles. The largest absolute Gasteiger partial charge is 0.497 e. The number of rotatable bonds is 12. The van der Waals surface area contributed by atoms with Crippen molar-refractivity contribution >= 4 is 25.6 Å². The van der Waals surface area contributed by atoms with Gasteiger partial charge in [0, 0.05) is 44.1 Å². The maximum Gasteiger partial charge on any atom is 0.227 e. The van der Waals surface area contributed by atoms with Gasteiger partial charge in [0.05, 0.1) is 23.3 Å². The molecule has 0 radical (unpaired) electrons. The first-order valence-electron chi connectivity index (χ1n) is 14.6. The van der Waals surface area contributed by atoms with Gasteiger partial charge >= 0.3 is 0 Å². The monoisotopic (exact) mass is 626 g/mol. The Kier molecular flexibility index (Phi) is 10.7. The Hall–Kier alpha value is -3.21. The maximum absolute atomic E-state index is 13.2. The van der Waals surface area contributed by atoms with Gasteiger partial charge in [0.1, 0.15) is 5.75 Å². The van der Waals surface area contributed by atoms with E-state index in [4.69, 9.17) is 4.74 Å². The van der Waals surface area contributed by atoms with E-state index in [9.17, 15) is 21.6 Å². The molecule has 8 nitrogen and oxygen atoms in total. The van der Waals surface area contributed by atoms with Gasteiger partial charge in [-0.3, -0.25) is 4.79 Å². The summed E-state index contributed by atoms with van der Waals surface area (Å²) in [5.74, 6) is 0.947. The second-order valence-electron chi connectivity index (χ2n) is 11.3. The number of methoxy groups -OCH3 is 1. The third-order valence-electron chi connectivity index (χ3n) is 8.33. The molecule has 0 bridgehead atoms. The Morgan fingerprint density at radius 2 is 1.33 bits per heavy atom. The molecular formula is C33H42N2O6S2. The van der Waals surface area contributed by atoms with Gasteiger partial charge in [-0.2, -0.15) is 0 Å². The molecule has 1 aliphatic heterocycles. The first-order valence-corrected chi connectivity index (χ1v) is 18.4. The number of sulfone groups is 2. The average molecular weight is 627 g/mol. The lowest BCUT2D eigenvalue weighted by Gasteiger charge is -2.38. The summed E-state index contributed by atoms with van der Waals surface area (Å²) in [7, 11) is -4.90. The summed E-state index contributed by atoms with van der Waals surface area (Å²) in [5, 5.41) is 0. The second kappa shape index (κ2) is 14.1. The van der Waals surface area contributed by atoms with Gasteiger partial charge in [-0.15, -0.1) is 0 Å². The van der Waals surface area contributed by atoms with Gasteiger partial charge in [0.25, 0.3) is 0 Å². The van der Waals surface area contributed by atoms with Gasteiger partial charge in [0.2, 0.25) is 5.91 Å². The van der Waals surface area contributed by atoms with Crippen LogP contribution < -0.4 is 4.74 Å². The summed E-state index contributed by atoms with van der Waals surface area (Å²) in [6.07, 6.45) is 5.30. The van der Waals surface area contributed by atoms with Crippen molar-refractivity contribution in [2.24, 2.45) is 0 Å². The number of hydrogen-bond donors (Lipinski definition) is 0. The fourth-order valence-corrected chi connectivity index (χ4v) is 7.11. The summed E-state index contributed by atoms with van der Waals surface area (Å²) >= 11 is 0. The Bertz CT molecular complexity index is 1580. The topological polar surface area (TPSA) is 101 Å². The van der Waals surface area contributed by atoms with E-state index in [2.05, 4.69) is 17.0 Å². The summed E-state index contributed by atoms with van der Waals surface area (Å²) in [4.78, 5) is 18.2. The quantitative estimate of drug-likeness (QED) is 0.290. The summed E-state index contributed by atoms with van der Waals surface area (Å²) < 4.78 is 52.8. The van der Waals surface area contributed by atoms with Crippen molar-refractivity contribution in [1.29, 1.82) is 0 Å².